The molecule has 0 aromatic heterocycles. The van der Waals surface area contributed by atoms with Gasteiger partial charge in [0.25, 0.3) is 0 Å². The number of benzene rings is 1. The van der Waals surface area contributed by atoms with Crippen LogP contribution in [0.2, 0.25) is 0 Å². The molecule has 0 spiro atoms. The van der Waals surface area contributed by atoms with Gasteiger partial charge in [0.2, 0.25) is 5.04 Å². The third-order valence-corrected chi connectivity index (χ3v) is 4.30. The minimum Gasteiger partial charge on any atom is -0.464 e. The van der Waals surface area contributed by atoms with Crippen LogP contribution in [-0.4, -0.2) is 32.3 Å². The Kier molecular flexibility index (Phi) is 7.13. The lowest BCUT2D eigenvalue weighted by Crippen LogP contribution is -2.15. The molecule has 1 aromatic rings. The highest BCUT2D eigenvalue weighted by Crippen LogP contribution is 2.12. The van der Waals surface area contributed by atoms with Crippen LogP contribution in [0.5, 0.6) is 0 Å². The van der Waals surface area contributed by atoms with E-state index in [-0.39, 0.29) is 10.8 Å². The lowest BCUT2D eigenvalue weighted by Gasteiger charge is -2.05. The molecule has 0 aliphatic heterocycles. The van der Waals surface area contributed by atoms with Gasteiger partial charge in [-0.3, -0.25) is 4.28 Å². The predicted molar refractivity (Wildman–Crippen MR) is 87.0 cm³/mol. The van der Waals surface area contributed by atoms with E-state index in [4.69, 9.17) is 0 Å². The van der Waals surface area contributed by atoms with Crippen LogP contribution in [0.4, 0.5) is 0 Å². The van der Waals surface area contributed by atoms with Gasteiger partial charge < -0.3 is 4.74 Å². The van der Waals surface area contributed by atoms with E-state index >= 15 is 0 Å². The van der Waals surface area contributed by atoms with E-state index in [1.54, 1.807) is 30.3 Å². The summed E-state index contributed by atoms with van der Waals surface area (Å²) in [5, 5.41) is 3.20. The molecule has 0 radical (unpaired) electrons. The smallest absolute Gasteiger partial charge is 0.366 e. The summed E-state index contributed by atoms with van der Waals surface area (Å²) < 4.78 is 32.8. The fourth-order valence-corrected chi connectivity index (χ4v) is 2.81. The summed E-state index contributed by atoms with van der Waals surface area (Å²) in [5.41, 5.74) is 1.59. The van der Waals surface area contributed by atoms with E-state index in [0.29, 0.717) is 11.3 Å². The van der Waals surface area contributed by atoms with Crippen LogP contribution in [0.15, 0.2) is 42.1 Å². The van der Waals surface area contributed by atoms with Crippen LogP contribution in [-0.2, 0) is 29.7 Å². The Bertz CT molecular complexity index is 650. The van der Waals surface area contributed by atoms with E-state index in [1.807, 2.05) is 6.92 Å². The summed E-state index contributed by atoms with van der Waals surface area (Å²) in [5.74, 6) is -0.732. The summed E-state index contributed by atoms with van der Waals surface area (Å²) in [7, 11) is -2.77. The summed E-state index contributed by atoms with van der Waals surface area (Å²) >= 11 is 0.971. The van der Waals surface area contributed by atoms with Crippen molar-refractivity contribution < 1.29 is 22.2 Å². The van der Waals surface area contributed by atoms with E-state index in [9.17, 15) is 13.2 Å². The van der Waals surface area contributed by atoms with Crippen LogP contribution < -0.4 is 0 Å². The quantitative estimate of drug-likeness (QED) is 0.259. The van der Waals surface area contributed by atoms with Crippen LogP contribution in [0.3, 0.4) is 0 Å². The molecule has 8 heteroatoms. The van der Waals surface area contributed by atoms with Crippen LogP contribution in [0, 0.1) is 6.92 Å². The fourth-order valence-electron chi connectivity index (χ4n) is 1.35. The number of esters is 1. The Morgan fingerprint density at radius 1 is 1.36 bits per heavy atom. The Morgan fingerprint density at radius 2 is 2.00 bits per heavy atom. The lowest BCUT2D eigenvalue weighted by molar-refractivity contribution is -0.132. The monoisotopic (exact) mass is 343 g/mol. The number of carbonyl (C=O) groups is 1. The molecule has 0 heterocycles. The average Bonchev–Trinajstić information content (AvgIpc) is 2.48. The van der Waals surface area contributed by atoms with Gasteiger partial charge in [-0.25, -0.2) is 4.79 Å². The van der Waals surface area contributed by atoms with E-state index in [0.717, 1.165) is 17.3 Å². The molecule has 0 bridgehead atoms. The van der Waals surface area contributed by atoms with Crippen molar-refractivity contribution in [2.75, 3.05) is 12.9 Å². The molecule has 0 fully saturated rings. The second-order valence-electron chi connectivity index (χ2n) is 4.25. The maximum atomic E-state index is 11.9. The van der Waals surface area contributed by atoms with Gasteiger partial charge in [-0.05, 0) is 12.5 Å². The molecule has 0 unspecified atom stereocenters. The number of thioether (sulfide) groups is 1. The maximum absolute atomic E-state index is 11.9. The summed E-state index contributed by atoms with van der Waals surface area (Å²) in [6.07, 6.45) is 1.55. The minimum atomic E-state index is -3.94. The number of aryl methyl sites for hydroxylation is 1. The molecule has 120 valence electrons. The van der Waals surface area contributed by atoms with Crippen LogP contribution in [0.1, 0.15) is 11.1 Å². The van der Waals surface area contributed by atoms with E-state index in [1.165, 1.54) is 7.11 Å². The molecule has 1 rings (SSSR count). The zero-order chi connectivity index (χ0) is 16.6. The first kappa shape index (κ1) is 18.2. The van der Waals surface area contributed by atoms with Gasteiger partial charge in [-0.2, -0.15) is 8.42 Å². The number of nitrogens with zero attached hydrogens (tertiary/aromatic N) is 1. The van der Waals surface area contributed by atoms with Gasteiger partial charge in [-0.1, -0.05) is 52.8 Å². The van der Waals surface area contributed by atoms with Gasteiger partial charge in [-0.15, -0.1) is 6.58 Å². The number of methoxy groups -OCH3 is 1. The largest absolute Gasteiger partial charge is 0.464 e. The van der Waals surface area contributed by atoms with Gasteiger partial charge >= 0.3 is 16.1 Å². The minimum absolute atomic E-state index is 0.185. The molecular weight excluding hydrogens is 326 g/mol. The van der Waals surface area contributed by atoms with E-state index < -0.39 is 16.1 Å². The van der Waals surface area contributed by atoms with Gasteiger partial charge in [0, 0.05) is 5.75 Å². The second kappa shape index (κ2) is 8.60. The maximum Gasteiger partial charge on any atom is 0.366 e. The van der Waals surface area contributed by atoms with Crippen molar-refractivity contribution in [1.82, 2.24) is 0 Å². The molecule has 0 saturated carbocycles. The zero-order valence-corrected chi connectivity index (χ0v) is 13.9. The van der Waals surface area contributed by atoms with Gasteiger partial charge in [0.05, 0.1) is 7.11 Å². The third-order valence-electron chi connectivity index (χ3n) is 2.40. The molecule has 6 nitrogen and oxygen atoms in total. The van der Waals surface area contributed by atoms with Gasteiger partial charge in [0.1, 0.15) is 5.75 Å². The van der Waals surface area contributed by atoms with Crippen molar-refractivity contribution >= 4 is 32.9 Å². The molecule has 0 atom stereocenters. The van der Waals surface area contributed by atoms with Crippen molar-refractivity contribution in [2.45, 2.75) is 12.7 Å². The highest BCUT2D eigenvalue weighted by Gasteiger charge is 2.17. The molecule has 1 aromatic carbocycles. The summed E-state index contributed by atoms with van der Waals surface area (Å²) in [6.45, 7) is 5.40. The van der Waals surface area contributed by atoms with Crippen molar-refractivity contribution in [1.29, 1.82) is 0 Å². The number of carbonyl (C=O) groups excluding carboxylic acids is 1. The first-order chi connectivity index (χ1) is 10.4. The predicted octanol–water partition coefficient (Wildman–Crippen LogP) is 2.25. The van der Waals surface area contributed by atoms with Crippen molar-refractivity contribution in [2.24, 2.45) is 5.16 Å². The fraction of sp³-hybridized carbons (Fsp3) is 0.286. The zero-order valence-electron chi connectivity index (χ0n) is 12.3. The highest BCUT2D eigenvalue weighted by atomic mass is 32.2. The Hall–Kier alpha value is -1.80. The summed E-state index contributed by atoms with van der Waals surface area (Å²) in [4.78, 5) is 11.4. The second-order valence-corrected chi connectivity index (χ2v) is 6.81. The number of hydrogen-bond acceptors (Lipinski definition) is 7. The molecule has 0 amide bonds. The molecule has 0 aliphatic carbocycles. The first-order valence-corrected chi connectivity index (χ1v) is 8.81. The topological polar surface area (TPSA) is 82.0 Å². The molecular formula is C14H17NO5S2. The Labute approximate surface area is 134 Å². The molecule has 0 aliphatic rings. The molecule has 22 heavy (non-hydrogen) atoms. The third kappa shape index (κ3) is 6.31. The number of hydrogen-bond donors (Lipinski definition) is 0. The first-order valence-electron chi connectivity index (χ1n) is 6.25. The Morgan fingerprint density at radius 3 is 2.55 bits per heavy atom. The SMILES string of the molecule is C=CCS/C(=N\OS(=O)(=O)Cc1ccc(C)cc1)C(=O)OC. The van der Waals surface area contributed by atoms with Crippen molar-refractivity contribution in [3.63, 3.8) is 0 Å². The van der Waals surface area contributed by atoms with Crippen LogP contribution in [0.25, 0.3) is 0 Å². The normalized spacial score (nSPS) is 11.8. The standard InChI is InChI=1S/C14H17NO5S2/c1-4-9-21-13(14(16)19-3)15-20-22(17,18)10-12-7-5-11(2)6-8-12/h4-8H,1,9-10H2,2-3H3/b15-13-. The summed E-state index contributed by atoms with van der Waals surface area (Å²) in [6, 6.07) is 6.98. The number of oxime groups is 1. The average molecular weight is 343 g/mol. The van der Waals surface area contributed by atoms with Crippen LogP contribution >= 0.6 is 11.8 Å². The van der Waals surface area contributed by atoms with Crippen molar-refractivity contribution in [3.05, 3.63) is 48.0 Å². The number of ether oxygens (including phenoxy) is 1. The molecule has 0 N–H and O–H groups in total. The lowest BCUT2D eigenvalue weighted by atomic mass is 10.2. The van der Waals surface area contributed by atoms with E-state index in [2.05, 4.69) is 20.8 Å². The highest BCUT2D eigenvalue weighted by molar-refractivity contribution is 8.15. The number of rotatable bonds is 6. The van der Waals surface area contributed by atoms with Crippen molar-refractivity contribution in [3.8, 4) is 0 Å². The Balaban J connectivity index is 2.79. The molecule has 0 saturated heterocycles. The van der Waals surface area contributed by atoms with Gasteiger partial charge in [0.15, 0.2) is 0 Å².